The molecule has 3 rings (SSSR count). The molecule has 2 aliphatic rings. The number of sulfonamides is 1. The van der Waals surface area contributed by atoms with Gasteiger partial charge in [-0.25, -0.2) is 13.1 Å². The van der Waals surface area contributed by atoms with Gasteiger partial charge in [-0.2, -0.15) is 10.3 Å². The molecule has 0 bridgehead atoms. The lowest BCUT2D eigenvalue weighted by molar-refractivity contribution is -0.110. The molecule has 0 spiro atoms. The van der Waals surface area contributed by atoms with Crippen LogP contribution in [0.15, 0.2) is 24.3 Å². The van der Waals surface area contributed by atoms with Crippen molar-refractivity contribution in [2.45, 2.75) is 24.1 Å². The van der Waals surface area contributed by atoms with E-state index in [2.05, 4.69) is 10.8 Å². The Kier molecular flexibility index (Phi) is 4.19. The van der Waals surface area contributed by atoms with Crippen LogP contribution in [0.3, 0.4) is 0 Å². The quantitative estimate of drug-likeness (QED) is 0.880. The minimum Gasteiger partial charge on any atom is -0.297 e. The Morgan fingerprint density at radius 3 is 2.91 bits per heavy atom. The molecule has 1 aromatic carbocycles. The molecule has 1 N–H and O–H groups in total. The Bertz CT molecular complexity index is 694. The van der Waals surface area contributed by atoms with Crippen molar-refractivity contribution in [1.82, 2.24) is 9.79 Å². The lowest BCUT2D eigenvalue weighted by Crippen LogP contribution is -2.40. The summed E-state index contributed by atoms with van der Waals surface area (Å²) in [6.07, 6.45) is 2.19. The van der Waals surface area contributed by atoms with Crippen molar-refractivity contribution in [3.63, 3.8) is 0 Å². The van der Waals surface area contributed by atoms with Crippen molar-refractivity contribution in [3.05, 3.63) is 35.4 Å². The number of rotatable bonds is 5. The van der Waals surface area contributed by atoms with Gasteiger partial charge in [-0.3, -0.25) is 4.84 Å². The second kappa shape index (κ2) is 5.97. The van der Waals surface area contributed by atoms with Gasteiger partial charge in [0, 0.05) is 13.6 Å². The number of nitrogens with zero attached hydrogens (tertiary/aromatic N) is 2. The van der Waals surface area contributed by atoms with Crippen molar-refractivity contribution >= 4 is 10.0 Å². The zero-order valence-corrected chi connectivity index (χ0v) is 13.2. The van der Waals surface area contributed by atoms with E-state index in [0.29, 0.717) is 18.0 Å². The summed E-state index contributed by atoms with van der Waals surface area (Å²) in [5.41, 5.74) is 1.29. The molecule has 118 valence electrons. The van der Waals surface area contributed by atoms with Crippen LogP contribution in [0.25, 0.3) is 0 Å². The highest BCUT2D eigenvalue weighted by atomic mass is 32.2. The Hall–Kier alpha value is -1.46. The predicted octanol–water partition coefficient (Wildman–Crippen LogP) is 1.17. The third kappa shape index (κ3) is 3.15. The van der Waals surface area contributed by atoms with E-state index in [4.69, 9.17) is 10.1 Å². The topological polar surface area (TPSA) is 82.4 Å². The van der Waals surface area contributed by atoms with Crippen molar-refractivity contribution in [1.29, 1.82) is 5.26 Å². The first-order valence-electron chi connectivity index (χ1n) is 7.35. The van der Waals surface area contributed by atoms with Gasteiger partial charge in [-0.05, 0) is 36.5 Å². The predicted molar refractivity (Wildman–Crippen MR) is 81.0 cm³/mol. The van der Waals surface area contributed by atoms with Gasteiger partial charge in [-0.15, -0.1) is 0 Å². The summed E-state index contributed by atoms with van der Waals surface area (Å²) in [5, 5.41) is 9.91. The summed E-state index contributed by atoms with van der Waals surface area (Å²) in [6.45, 7) is 0.630. The van der Waals surface area contributed by atoms with Crippen LogP contribution in [-0.2, 0) is 14.9 Å². The summed E-state index contributed by atoms with van der Waals surface area (Å²) in [4.78, 5) is 5.45. The Morgan fingerprint density at radius 1 is 1.45 bits per heavy atom. The average molecular weight is 321 g/mol. The highest BCUT2D eigenvalue weighted by Gasteiger charge is 2.43. The minimum atomic E-state index is -3.46. The molecule has 2 atom stereocenters. The van der Waals surface area contributed by atoms with E-state index in [-0.39, 0.29) is 6.61 Å². The van der Waals surface area contributed by atoms with E-state index in [9.17, 15) is 8.42 Å². The Labute approximate surface area is 130 Å². The molecular formula is C15H19N3O3S. The molecule has 1 aliphatic heterocycles. The van der Waals surface area contributed by atoms with Crippen molar-refractivity contribution in [2.24, 2.45) is 5.92 Å². The molecule has 0 radical (unpaired) electrons. The van der Waals surface area contributed by atoms with Gasteiger partial charge in [-0.1, -0.05) is 12.1 Å². The Balaban J connectivity index is 1.84. The molecule has 22 heavy (non-hydrogen) atoms. The van der Waals surface area contributed by atoms with Crippen molar-refractivity contribution in [3.8, 4) is 6.07 Å². The summed E-state index contributed by atoms with van der Waals surface area (Å²) in [5.74, 6) is 0.482. The highest BCUT2D eigenvalue weighted by molar-refractivity contribution is 7.90. The van der Waals surface area contributed by atoms with Crippen molar-refractivity contribution in [2.75, 3.05) is 20.2 Å². The van der Waals surface area contributed by atoms with Gasteiger partial charge in [0.2, 0.25) is 10.0 Å². The molecule has 1 aliphatic carbocycles. The second-order valence-corrected chi connectivity index (χ2v) is 7.88. The molecule has 0 amide bonds. The molecule has 2 unspecified atom stereocenters. The number of benzene rings is 1. The third-order valence-corrected chi connectivity index (χ3v) is 5.97. The van der Waals surface area contributed by atoms with Gasteiger partial charge in [0.25, 0.3) is 0 Å². The maximum atomic E-state index is 12.6. The molecule has 1 saturated heterocycles. The molecule has 1 heterocycles. The smallest absolute Gasteiger partial charge is 0.218 e. The van der Waals surface area contributed by atoms with Crippen LogP contribution in [0, 0.1) is 17.2 Å². The summed E-state index contributed by atoms with van der Waals surface area (Å²) in [6, 6.07) is 8.69. The van der Waals surface area contributed by atoms with Crippen LogP contribution in [0.2, 0.25) is 0 Å². The van der Waals surface area contributed by atoms with Crippen molar-refractivity contribution < 1.29 is 13.3 Å². The van der Waals surface area contributed by atoms with Crippen LogP contribution in [0.4, 0.5) is 0 Å². The number of hydroxylamine groups is 2. The van der Waals surface area contributed by atoms with E-state index in [0.717, 1.165) is 18.4 Å². The number of nitrogens with one attached hydrogen (secondary N) is 1. The van der Waals surface area contributed by atoms with Crippen LogP contribution < -0.4 is 4.72 Å². The van der Waals surface area contributed by atoms with Gasteiger partial charge in [0.05, 0.1) is 24.3 Å². The molecule has 6 nitrogen and oxygen atoms in total. The molecule has 0 aromatic heterocycles. The van der Waals surface area contributed by atoms with Gasteiger partial charge in [0.15, 0.2) is 0 Å². The first-order chi connectivity index (χ1) is 10.5. The van der Waals surface area contributed by atoms with E-state index in [1.54, 1.807) is 30.3 Å². The lowest BCUT2D eigenvalue weighted by atomic mass is 10.0. The second-order valence-electron chi connectivity index (χ2n) is 5.90. The fraction of sp³-hybridized carbons (Fsp3) is 0.533. The monoisotopic (exact) mass is 321 g/mol. The van der Waals surface area contributed by atoms with Crippen LogP contribution in [0.1, 0.15) is 30.0 Å². The van der Waals surface area contributed by atoms with Gasteiger partial charge in [0.1, 0.15) is 5.25 Å². The molecule has 7 heteroatoms. The SMILES string of the molecule is CN1OCC(S(=O)(=O)NCC2CC2)C1c1cccc(C#N)c1. The zero-order chi connectivity index (χ0) is 15.7. The molecule has 2 fully saturated rings. The standard InChI is InChI=1S/C15H19N3O3S/c1-18-15(13-4-2-3-12(7-13)8-16)14(10-21-18)22(19,20)17-9-11-5-6-11/h2-4,7,11,14-15,17H,5-6,9-10H2,1H3. The van der Waals surface area contributed by atoms with E-state index >= 15 is 0 Å². The zero-order valence-electron chi connectivity index (χ0n) is 12.4. The fourth-order valence-electron chi connectivity index (χ4n) is 2.74. The number of hydrogen-bond donors (Lipinski definition) is 1. The molecule has 1 aromatic rings. The van der Waals surface area contributed by atoms with Crippen LogP contribution in [-0.4, -0.2) is 38.9 Å². The first kappa shape index (κ1) is 15.4. The molecule has 1 saturated carbocycles. The van der Waals surface area contributed by atoms with Crippen LogP contribution >= 0.6 is 0 Å². The largest absolute Gasteiger partial charge is 0.297 e. The highest BCUT2D eigenvalue weighted by Crippen LogP contribution is 2.34. The lowest BCUT2D eigenvalue weighted by Gasteiger charge is -2.23. The number of nitriles is 1. The van der Waals surface area contributed by atoms with E-state index in [1.165, 1.54) is 0 Å². The summed E-state index contributed by atoms with van der Waals surface area (Å²) >= 11 is 0. The van der Waals surface area contributed by atoms with Gasteiger partial charge < -0.3 is 0 Å². The normalized spacial score (nSPS) is 26.0. The maximum Gasteiger partial charge on any atom is 0.218 e. The summed E-state index contributed by atoms with van der Waals surface area (Å²) < 4.78 is 27.8. The average Bonchev–Trinajstić information content (AvgIpc) is 3.26. The van der Waals surface area contributed by atoms with E-state index < -0.39 is 21.3 Å². The van der Waals surface area contributed by atoms with Crippen LogP contribution in [0.5, 0.6) is 0 Å². The summed E-state index contributed by atoms with van der Waals surface area (Å²) in [7, 11) is -1.74. The Morgan fingerprint density at radius 2 is 2.23 bits per heavy atom. The minimum absolute atomic E-state index is 0.123. The fourth-order valence-corrected chi connectivity index (χ4v) is 4.33. The molecular weight excluding hydrogens is 302 g/mol. The number of hydrogen-bond acceptors (Lipinski definition) is 5. The van der Waals surface area contributed by atoms with Gasteiger partial charge >= 0.3 is 0 Å². The first-order valence-corrected chi connectivity index (χ1v) is 8.90. The maximum absolute atomic E-state index is 12.6. The van der Waals surface area contributed by atoms with E-state index in [1.807, 2.05) is 6.07 Å². The third-order valence-electron chi connectivity index (χ3n) is 4.21.